The van der Waals surface area contributed by atoms with Crippen LogP contribution in [0.3, 0.4) is 0 Å². The fourth-order valence-electron chi connectivity index (χ4n) is 2.39. The Morgan fingerprint density at radius 1 is 1.00 bits per heavy atom. The van der Waals surface area contributed by atoms with Gasteiger partial charge in [0, 0.05) is 0 Å². The summed E-state index contributed by atoms with van der Waals surface area (Å²) in [7, 11) is 2.61. The third kappa shape index (κ3) is 1.85. The van der Waals surface area contributed by atoms with E-state index >= 15 is 0 Å². The van der Waals surface area contributed by atoms with Gasteiger partial charge in [-0.05, 0) is 24.7 Å². The molecule has 2 atom stereocenters. The first-order valence-corrected chi connectivity index (χ1v) is 5.14. The molecule has 0 radical (unpaired) electrons. The molecule has 0 saturated heterocycles. The molecule has 1 aliphatic rings. The molecule has 15 heavy (non-hydrogen) atoms. The van der Waals surface area contributed by atoms with E-state index in [2.05, 4.69) is 0 Å². The molecule has 1 rings (SSSR count). The van der Waals surface area contributed by atoms with Gasteiger partial charge in [-0.3, -0.25) is 9.59 Å². The second-order valence-electron chi connectivity index (χ2n) is 4.43. The smallest absolute Gasteiger partial charge is 0.323 e. The standard InChI is InChI=1S/C11H18O4/c1-7-5-11(6-8(7)2,9(12)14-3)10(13)15-4/h7-8H,5-6H2,1-4H3/t7-,8-/m0/s1. The third-order valence-corrected chi connectivity index (χ3v) is 3.46. The average Bonchev–Trinajstić information content (AvgIpc) is 2.54. The van der Waals surface area contributed by atoms with Gasteiger partial charge in [0.05, 0.1) is 14.2 Å². The zero-order valence-electron chi connectivity index (χ0n) is 9.70. The van der Waals surface area contributed by atoms with Crippen molar-refractivity contribution in [1.29, 1.82) is 0 Å². The Morgan fingerprint density at radius 2 is 1.33 bits per heavy atom. The summed E-state index contributed by atoms with van der Waals surface area (Å²) in [5.41, 5.74) is -1.07. The third-order valence-electron chi connectivity index (χ3n) is 3.46. The van der Waals surface area contributed by atoms with Crippen molar-refractivity contribution in [2.45, 2.75) is 26.7 Å². The molecule has 0 unspecified atom stereocenters. The molecular weight excluding hydrogens is 196 g/mol. The Morgan fingerprint density at radius 3 is 1.60 bits per heavy atom. The normalized spacial score (nSPS) is 28.5. The van der Waals surface area contributed by atoms with Crippen molar-refractivity contribution < 1.29 is 19.1 Å². The molecule has 0 amide bonds. The van der Waals surface area contributed by atoms with E-state index in [4.69, 9.17) is 9.47 Å². The lowest BCUT2D eigenvalue weighted by molar-refractivity contribution is -0.169. The van der Waals surface area contributed by atoms with Crippen LogP contribution in [0.1, 0.15) is 26.7 Å². The van der Waals surface area contributed by atoms with Crippen LogP contribution in [0.5, 0.6) is 0 Å². The number of ether oxygens (including phenoxy) is 2. The molecule has 0 aromatic carbocycles. The van der Waals surface area contributed by atoms with Gasteiger partial charge in [0.1, 0.15) is 0 Å². The number of carbonyl (C=O) groups is 2. The minimum Gasteiger partial charge on any atom is -0.468 e. The van der Waals surface area contributed by atoms with Gasteiger partial charge in [-0.15, -0.1) is 0 Å². The summed E-state index contributed by atoms with van der Waals surface area (Å²) >= 11 is 0. The van der Waals surface area contributed by atoms with Gasteiger partial charge in [0.25, 0.3) is 0 Å². The average molecular weight is 214 g/mol. The Bertz CT molecular complexity index is 244. The van der Waals surface area contributed by atoms with Crippen molar-refractivity contribution in [3.8, 4) is 0 Å². The van der Waals surface area contributed by atoms with E-state index in [-0.39, 0.29) is 0 Å². The first kappa shape index (κ1) is 12.0. The summed E-state index contributed by atoms with van der Waals surface area (Å²) in [6.07, 6.45) is 1.04. The Balaban J connectivity index is 2.99. The van der Waals surface area contributed by atoms with Gasteiger partial charge in [-0.2, -0.15) is 0 Å². The van der Waals surface area contributed by atoms with Crippen molar-refractivity contribution >= 4 is 11.9 Å². The maximum absolute atomic E-state index is 11.7. The molecule has 4 nitrogen and oxygen atoms in total. The molecule has 0 bridgehead atoms. The van der Waals surface area contributed by atoms with Crippen LogP contribution in [0, 0.1) is 17.3 Å². The van der Waals surface area contributed by atoms with E-state index in [1.165, 1.54) is 14.2 Å². The Labute approximate surface area is 89.9 Å². The topological polar surface area (TPSA) is 52.6 Å². The molecule has 1 saturated carbocycles. The van der Waals surface area contributed by atoms with Crippen LogP contribution < -0.4 is 0 Å². The Kier molecular flexibility index (Phi) is 3.37. The van der Waals surface area contributed by atoms with E-state index in [1.807, 2.05) is 13.8 Å². The summed E-state index contributed by atoms with van der Waals surface area (Å²) in [6.45, 7) is 4.08. The lowest BCUT2D eigenvalue weighted by Crippen LogP contribution is -2.39. The fraction of sp³-hybridized carbons (Fsp3) is 0.818. The van der Waals surface area contributed by atoms with Gasteiger partial charge in [0.2, 0.25) is 0 Å². The predicted molar refractivity (Wildman–Crippen MR) is 54.0 cm³/mol. The number of carbonyl (C=O) groups excluding carboxylic acids is 2. The van der Waals surface area contributed by atoms with Crippen LogP contribution in [-0.4, -0.2) is 26.2 Å². The fourth-order valence-corrected chi connectivity index (χ4v) is 2.39. The molecule has 0 heterocycles. The van der Waals surface area contributed by atoms with Crippen LogP contribution in [0.2, 0.25) is 0 Å². The quantitative estimate of drug-likeness (QED) is 0.515. The van der Waals surface area contributed by atoms with Gasteiger partial charge >= 0.3 is 11.9 Å². The molecule has 1 aliphatic carbocycles. The van der Waals surface area contributed by atoms with E-state index in [1.54, 1.807) is 0 Å². The second kappa shape index (κ2) is 4.21. The lowest BCUT2D eigenvalue weighted by atomic mass is 9.85. The molecule has 0 spiro atoms. The van der Waals surface area contributed by atoms with Crippen LogP contribution >= 0.6 is 0 Å². The highest BCUT2D eigenvalue weighted by Crippen LogP contribution is 2.46. The molecular formula is C11H18O4. The molecule has 0 N–H and O–H groups in total. The van der Waals surface area contributed by atoms with Crippen molar-refractivity contribution in [3.05, 3.63) is 0 Å². The van der Waals surface area contributed by atoms with Gasteiger partial charge in [0.15, 0.2) is 5.41 Å². The highest BCUT2D eigenvalue weighted by atomic mass is 16.5. The highest BCUT2D eigenvalue weighted by Gasteiger charge is 2.54. The Hall–Kier alpha value is -1.06. The second-order valence-corrected chi connectivity index (χ2v) is 4.43. The number of hydrogen-bond acceptors (Lipinski definition) is 4. The van der Waals surface area contributed by atoms with Crippen molar-refractivity contribution in [2.75, 3.05) is 14.2 Å². The summed E-state index contributed by atoms with van der Waals surface area (Å²) in [6, 6.07) is 0. The minimum absolute atomic E-state index is 0.336. The van der Waals surface area contributed by atoms with Crippen molar-refractivity contribution in [2.24, 2.45) is 17.3 Å². The van der Waals surface area contributed by atoms with Gasteiger partial charge in [-0.25, -0.2) is 0 Å². The lowest BCUT2D eigenvalue weighted by Gasteiger charge is -2.22. The van der Waals surface area contributed by atoms with Crippen molar-refractivity contribution in [1.82, 2.24) is 0 Å². The van der Waals surface area contributed by atoms with Gasteiger partial charge in [-0.1, -0.05) is 13.8 Å². The molecule has 0 aromatic heterocycles. The first-order valence-electron chi connectivity index (χ1n) is 5.14. The molecule has 0 aromatic rings. The summed E-state index contributed by atoms with van der Waals surface area (Å²) in [4.78, 5) is 23.4. The molecule has 4 heteroatoms. The number of esters is 2. The summed E-state index contributed by atoms with van der Waals surface area (Å²) in [5.74, 6) is -0.262. The number of rotatable bonds is 2. The zero-order valence-corrected chi connectivity index (χ0v) is 9.70. The van der Waals surface area contributed by atoms with Crippen LogP contribution in [0.4, 0.5) is 0 Å². The SMILES string of the molecule is COC(=O)C1(C(=O)OC)C[C@H](C)[C@@H](C)C1. The monoisotopic (exact) mass is 214 g/mol. The van der Waals surface area contributed by atoms with E-state index in [9.17, 15) is 9.59 Å². The van der Waals surface area contributed by atoms with E-state index < -0.39 is 17.4 Å². The highest BCUT2D eigenvalue weighted by molar-refractivity contribution is 6.00. The van der Waals surface area contributed by atoms with Crippen LogP contribution in [0.25, 0.3) is 0 Å². The van der Waals surface area contributed by atoms with E-state index in [0.29, 0.717) is 24.7 Å². The van der Waals surface area contributed by atoms with Gasteiger partial charge < -0.3 is 9.47 Å². The molecule has 86 valence electrons. The predicted octanol–water partition coefficient (Wildman–Crippen LogP) is 1.38. The zero-order chi connectivity index (χ0) is 11.6. The van der Waals surface area contributed by atoms with E-state index in [0.717, 1.165) is 0 Å². The largest absolute Gasteiger partial charge is 0.468 e. The minimum atomic E-state index is -1.07. The maximum Gasteiger partial charge on any atom is 0.323 e. The van der Waals surface area contributed by atoms with Crippen molar-refractivity contribution in [3.63, 3.8) is 0 Å². The number of hydrogen-bond donors (Lipinski definition) is 0. The van der Waals surface area contributed by atoms with Crippen LogP contribution in [0.15, 0.2) is 0 Å². The first-order chi connectivity index (χ1) is 6.97. The molecule has 1 fully saturated rings. The molecule has 0 aliphatic heterocycles. The summed E-state index contributed by atoms with van der Waals surface area (Å²) in [5, 5.41) is 0. The maximum atomic E-state index is 11.7. The van der Waals surface area contributed by atoms with Crippen LogP contribution in [-0.2, 0) is 19.1 Å². The number of methoxy groups -OCH3 is 2. The summed E-state index contributed by atoms with van der Waals surface area (Å²) < 4.78 is 9.43.